The minimum absolute atomic E-state index is 0.258. The van der Waals surface area contributed by atoms with Gasteiger partial charge in [-0.1, -0.05) is 35.9 Å². The number of nitrogens with zero attached hydrogens (tertiary/aromatic N) is 2. The van der Waals surface area contributed by atoms with Gasteiger partial charge in [0.1, 0.15) is 11.8 Å². The van der Waals surface area contributed by atoms with Crippen LogP contribution in [0.3, 0.4) is 0 Å². The number of hydrogen-bond acceptors (Lipinski definition) is 6. The molecule has 1 aliphatic heterocycles. The summed E-state index contributed by atoms with van der Waals surface area (Å²) in [7, 11) is -2.27. The van der Waals surface area contributed by atoms with Crippen LogP contribution < -0.4 is 14.4 Å². The molecule has 1 atom stereocenters. The molecule has 0 spiro atoms. The number of hydrogen-bond donors (Lipinski definition) is 1. The van der Waals surface area contributed by atoms with Gasteiger partial charge in [0.05, 0.1) is 37.3 Å². The number of benzene rings is 2. The predicted molar refractivity (Wildman–Crippen MR) is 129 cm³/mol. The molecule has 1 amide bonds. The third-order valence-electron chi connectivity index (χ3n) is 5.48. The normalized spacial score (nSPS) is 15.6. The first kappa shape index (κ1) is 25.3. The molecular formula is C23H30ClN3O5S. The van der Waals surface area contributed by atoms with Crippen molar-refractivity contribution in [3.8, 4) is 5.75 Å². The number of methoxy groups -OCH3 is 1. The molecule has 0 saturated carbocycles. The summed E-state index contributed by atoms with van der Waals surface area (Å²) in [4.78, 5) is 15.2. The Balaban J connectivity index is 1.63. The van der Waals surface area contributed by atoms with Gasteiger partial charge in [-0.25, -0.2) is 8.42 Å². The zero-order valence-electron chi connectivity index (χ0n) is 19.1. The molecule has 0 radical (unpaired) electrons. The summed E-state index contributed by atoms with van der Waals surface area (Å²) in [5.41, 5.74) is 2.41. The van der Waals surface area contributed by atoms with E-state index in [0.717, 1.165) is 49.0 Å². The second kappa shape index (κ2) is 11.2. The maximum Gasteiger partial charge on any atom is 0.243 e. The van der Waals surface area contributed by atoms with Gasteiger partial charge in [-0.05, 0) is 36.2 Å². The van der Waals surface area contributed by atoms with Gasteiger partial charge in [0.25, 0.3) is 0 Å². The van der Waals surface area contributed by atoms with E-state index in [2.05, 4.69) is 10.2 Å². The number of nitrogens with one attached hydrogen (secondary N) is 1. The molecule has 0 aliphatic carbocycles. The van der Waals surface area contributed by atoms with Crippen LogP contribution in [0.4, 0.5) is 5.69 Å². The van der Waals surface area contributed by atoms with Crippen LogP contribution in [0.1, 0.15) is 18.1 Å². The maximum absolute atomic E-state index is 12.8. The quantitative estimate of drug-likeness (QED) is 0.575. The molecule has 1 N–H and O–H groups in total. The monoisotopic (exact) mass is 495 g/mol. The van der Waals surface area contributed by atoms with Gasteiger partial charge < -0.3 is 14.8 Å². The van der Waals surface area contributed by atoms with E-state index >= 15 is 0 Å². The lowest BCUT2D eigenvalue weighted by Crippen LogP contribution is -2.47. The molecule has 0 unspecified atom stereocenters. The molecule has 1 fully saturated rings. The molecule has 8 nitrogen and oxygen atoms in total. The minimum Gasteiger partial charge on any atom is -0.495 e. The van der Waals surface area contributed by atoms with Gasteiger partial charge in [0.15, 0.2) is 0 Å². The lowest BCUT2D eigenvalue weighted by molar-refractivity contribution is -0.122. The van der Waals surface area contributed by atoms with Crippen molar-refractivity contribution in [1.82, 2.24) is 10.2 Å². The smallest absolute Gasteiger partial charge is 0.243 e. The Hall–Kier alpha value is -2.33. The third-order valence-corrected chi connectivity index (χ3v) is 7.01. The second-order valence-corrected chi connectivity index (χ2v) is 10.2. The van der Waals surface area contributed by atoms with Crippen molar-refractivity contribution < 1.29 is 22.7 Å². The van der Waals surface area contributed by atoms with Crippen LogP contribution in [-0.2, 0) is 32.6 Å². The number of carbonyl (C=O) groups excluding carboxylic acids is 1. The highest BCUT2D eigenvalue weighted by Crippen LogP contribution is 2.31. The van der Waals surface area contributed by atoms with Gasteiger partial charge in [-0.3, -0.25) is 14.0 Å². The highest BCUT2D eigenvalue weighted by molar-refractivity contribution is 7.92. The van der Waals surface area contributed by atoms with Gasteiger partial charge in [-0.2, -0.15) is 0 Å². The largest absolute Gasteiger partial charge is 0.495 e. The molecule has 0 aromatic heterocycles. The van der Waals surface area contributed by atoms with Gasteiger partial charge >= 0.3 is 0 Å². The van der Waals surface area contributed by atoms with Gasteiger partial charge in [-0.15, -0.1) is 0 Å². The molecule has 1 heterocycles. The summed E-state index contributed by atoms with van der Waals surface area (Å²) in [5, 5.41) is 3.09. The van der Waals surface area contributed by atoms with E-state index in [0.29, 0.717) is 18.0 Å². The fourth-order valence-corrected chi connectivity index (χ4v) is 5.14. The molecule has 33 heavy (non-hydrogen) atoms. The summed E-state index contributed by atoms with van der Waals surface area (Å²) in [6.45, 7) is 6.06. The number of carbonyl (C=O) groups is 1. The molecule has 10 heteroatoms. The van der Waals surface area contributed by atoms with E-state index in [1.165, 1.54) is 18.7 Å². The summed E-state index contributed by atoms with van der Waals surface area (Å²) in [5.74, 6) is 0.00722. The number of amides is 1. The summed E-state index contributed by atoms with van der Waals surface area (Å²) >= 11 is 6.17. The van der Waals surface area contributed by atoms with Crippen LogP contribution in [0.2, 0.25) is 5.02 Å². The zero-order valence-corrected chi connectivity index (χ0v) is 20.7. The van der Waals surface area contributed by atoms with Crippen molar-refractivity contribution in [2.75, 3.05) is 44.0 Å². The van der Waals surface area contributed by atoms with E-state index in [9.17, 15) is 13.2 Å². The van der Waals surface area contributed by atoms with E-state index < -0.39 is 22.0 Å². The van der Waals surface area contributed by atoms with Crippen molar-refractivity contribution in [3.63, 3.8) is 0 Å². The Morgan fingerprint density at radius 2 is 1.82 bits per heavy atom. The lowest BCUT2D eigenvalue weighted by atomic mass is 10.1. The van der Waals surface area contributed by atoms with E-state index in [1.54, 1.807) is 19.1 Å². The van der Waals surface area contributed by atoms with Crippen molar-refractivity contribution in [1.29, 1.82) is 0 Å². The summed E-state index contributed by atoms with van der Waals surface area (Å²) in [6, 6.07) is 11.7. The Bertz CT molecular complexity index is 1060. The molecule has 180 valence electrons. The SMILES string of the molecule is COc1ccc(N([C@H](C)C(=O)NCc2ccc(CN3CCOCC3)cc2)S(C)(=O)=O)cc1Cl. The summed E-state index contributed by atoms with van der Waals surface area (Å²) < 4.78 is 36.5. The van der Waals surface area contributed by atoms with Crippen LogP contribution in [0.15, 0.2) is 42.5 Å². The molecular weight excluding hydrogens is 466 g/mol. The van der Waals surface area contributed by atoms with Gasteiger partial charge in [0.2, 0.25) is 15.9 Å². The number of sulfonamides is 1. The molecule has 3 rings (SSSR count). The zero-order chi connectivity index (χ0) is 24.0. The Kier molecular flexibility index (Phi) is 8.58. The Morgan fingerprint density at radius 1 is 1.18 bits per heavy atom. The minimum atomic E-state index is -3.74. The van der Waals surface area contributed by atoms with E-state index in [4.69, 9.17) is 21.1 Å². The summed E-state index contributed by atoms with van der Waals surface area (Å²) in [6.07, 6.45) is 1.06. The van der Waals surface area contributed by atoms with Crippen LogP contribution in [0, 0.1) is 0 Å². The van der Waals surface area contributed by atoms with Crippen molar-refractivity contribution in [2.24, 2.45) is 0 Å². The predicted octanol–water partition coefficient (Wildman–Crippen LogP) is 2.65. The van der Waals surface area contributed by atoms with Crippen LogP contribution in [-0.4, -0.2) is 64.9 Å². The number of halogens is 1. The molecule has 2 aromatic rings. The molecule has 2 aromatic carbocycles. The van der Waals surface area contributed by atoms with Gasteiger partial charge in [0, 0.05) is 26.2 Å². The van der Waals surface area contributed by atoms with E-state index in [1.807, 2.05) is 24.3 Å². The number of rotatable bonds is 9. The molecule has 1 saturated heterocycles. The highest BCUT2D eigenvalue weighted by Gasteiger charge is 2.29. The fourth-order valence-electron chi connectivity index (χ4n) is 3.72. The van der Waals surface area contributed by atoms with Crippen LogP contribution >= 0.6 is 11.6 Å². The Morgan fingerprint density at radius 3 is 2.39 bits per heavy atom. The van der Waals surface area contributed by atoms with Crippen molar-refractivity contribution in [2.45, 2.75) is 26.1 Å². The topological polar surface area (TPSA) is 88.2 Å². The lowest BCUT2D eigenvalue weighted by Gasteiger charge is -2.28. The molecule has 1 aliphatic rings. The average Bonchev–Trinajstić information content (AvgIpc) is 2.78. The Labute approximate surface area is 200 Å². The molecule has 0 bridgehead atoms. The highest BCUT2D eigenvalue weighted by atomic mass is 35.5. The van der Waals surface area contributed by atoms with Crippen molar-refractivity contribution in [3.05, 3.63) is 58.6 Å². The average molecular weight is 496 g/mol. The first-order chi connectivity index (χ1) is 15.7. The first-order valence-corrected chi connectivity index (χ1v) is 12.9. The van der Waals surface area contributed by atoms with Crippen LogP contribution in [0.25, 0.3) is 0 Å². The standard InChI is InChI=1S/C23H30ClN3O5S/c1-17(27(33(3,29)30)20-8-9-22(31-2)21(24)14-20)23(28)25-15-18-4-6-19(7-5-18)16-26-10-12-32-13-11-26/h4-9,14,17H,10-13,15-16H2,1-3H3,(H,25,28)/t17-/m1/s1. The third kappa shape index (κ3) is 6.83. The van der Waals surface area contributed by atoms with E-state index in [-0.39, 0.29) is 5.02 Å². The number of morpholine rings is 1. The first-order valence-electron chi connectivity index (χ1n) is 10.7. The fraction of sp³-hybridized carbons (Fsp3) is 0.435. The second-order valence-electron chi connectivity index (χ2n) is 7.98. The maximum atomic E-state index is 12.8. The van der Waals surface area contributed by atoms with Crippen LogP contribution in [0.5, 0.6) is 5.75 Å². The van der Waals surface area contributed by atoms with Crippen molar-refractivity contribution >= 4 is 33.2 Å². The number of ether oxygens (including phenoxy) is 2. The number of anilines is 1.